The molecule has 0 radical (unpaired) electrons. The van der Waals surface area contributed by atoms with Gasteiger partial charge in [-0.2, -0.15) is 0 Å². The number of rotatable bonds is 13. The number of hydrogen-bond acceptors (Lipinski definition) is 4. The first kappa shape index (κ1) is 23.6. The fraction of sp³-hybridized carbons (Fsp3) is 0.478. The lowest BCUT2D eigenvalue weighted by atomic mass is 10.0. The molecular weight excluding hydrogens is 404 g/mol. The Balaban J connectivity index is 2.01. The van der Waals surface area contributed by atoms with Crippen molar-refractivity contribution >= 4 is 39.6 Å². The lowest BCUT2D eigenvalue weighted by molar-refractivity contribution is -0.114. The van der Waals surface area contributed by atoms with Gasteiger partial charge in [-0.05, 0) is 31.0 Å². The minimum Gasteiger partial charge on any atom is -0.322 e. The van der Waals surface area contributed by atoms with Crippen LogP contribution in [0.5, 0.6) is 0 Å². The summed E-state index contributed by atoms with van der Waals surface area (Å²) in [5.74, 6) is -0.486. The zero-order valence-corrected chi connectivity index (χ0v) is 18.7. The highest BCUT2D eigenvalue weighted by molar-refractivity contribution is 7.16. The summed E-state index contributed by atoms with van der Waals surface area (Å²) in [7, 11) is 0. The highest BCUT2D eigenvalue weighted by Gasteiger charge is 2.20. The van der Waals surface area contributed by atoms with Crippen molar-refractivity contribution in [3.05, 3.63) is 51.4 Å². The summed E-state index contributed by atoms with van der Waals surface area (Å²) >= 11 is 7.66. The van der Waals surface area contributed by atoms with Gasteiger partial charge in [-0.3, -0.25) is 9.59 Å². The van der Waals surface area contributed by atoms with E-state index in [0.29, 0.717) is 21.2 Å². The molecule has 158 valence electrons. The molecule has 6 heteroatoms. The summed E-state index contributed by atoms with van der Waals surface area (Å²) in [6, 6.07) is 8.86. The molecule has 0 saturated heterocycles. The van der Waals surface area contributed by atoms with Gasteiger partial charge in [-0.15, -0.1) is 11.3 Å². The van der Waals surface area contributed by atoms with E-state index in [0.717, 1.165) is 17.7 Å². The van der Waals surface area contributed by atoms with E-state index in [1.807, 2.05) is 6.07 Å². The monoisotopic (exact) mass is 434 g/mol. The molecule has 2 rings (SSSR count). The minimum absolute atomic E-state index is 0.120. The number of carbonyl (C=O) groups is 2. The van der Waals surface area contributed by atoms with Gasteiger partial charge in [-0.1, -0.05) is 75.6 Å². The average Bonchev–Trinajstić information content (AvgIpc) is 3.12. The van der Waals surface area contributed by atoms with E-state index in [4.69, 9.17) is 17.3 Å². The second kappa shape index (κ2) is 12.8. The van der Waals surface area contributed by atoms with Crippen LogP contribution < -0.4 is 11.1 Å². The second-order valence-electron chi connectivity index (χ2n) is 7.24. The number of ketones is 1. The molecule has 0 spiro atoms. The van der Waals surface area contributed by atoms with Gasteiger partial charge in [0.25, 0.3) is 0 Å². The third-order valence-electron chi connectivity index (χ3n) is 4.86. The van der Waals surface area contributed by atoms with Crippen molar-refractivity contribution in [2.75, 3.05) is 11.9 Å². The van der Waals surface area contributed by atoms with Crippen LogP contribution in [0, 0.1) is 0 Å². The number of benzene rings is 1. The molecule has 29 heavy (non-hydrogen) atoms. The minimum atomic E-state index is -0.307. The highest BCUT2D eigenvalue weighted by atomic mass is 35.5. The third kappa shape index (κ3) is 7.57. The number of carbonyl (C=O) groups excluding carboxylic acids is 2. The Labute approximate surface area is 182 Å². The van der Waals surface area contributed by atoms with E-state index in [1.165, 1.54) is 56.3 Å². The normalized spacial score (nSPS) is 10.9. The Kier molecular flexibility index (Phi) is 10.4. The second-order valence-corrected chi connectivity index (χ2v) is 8.79. The van der Waals surface area contributed by atoms with E-state index < -0.39 is 0 Å². The van der Waals surface area contributed by atoms with Gasteiger partial charge in [0, 0.05) is 10.4 Å². The van der Waals surface area contributed by atoms with E-state index in [9.17, 15) is 9.59 Å². The van der Waals surface area contributed by atoms with E-state index in [2.05, 4.69) is 12.2 Å². The van der Waals surface area contributed by atoms with Crippen molar-refractivity contribution < 1.29 is 9.59 Å². The lowest BCUT2D eigenvalue weighted by Gasteiger charge is -2.05. The molecule has 1 heterocycles. The first-order valence-electron chi connectivity index (χ1n) is 10.5. The first-order valence-corrected chi connectivity index (χ1v) is 11.7. The van der Waals surface area contributed by atoms with Crippen molar-refractivity contribution in [2.24, 2.45) is 5.73 Å². The molecule has 0 unspecified atom stereocenters. The predicted octanol–water partition coefficient (Wildman–Crippen LogP) is 6.21. The van der Waals surface area contributed by atoms with E-state index >= 15 is 0 Å². The van der Waals surface area contributed by atoms with Crippen molar-refractivity contribution in [3.8, 4) is 0 Å². The number of thiophene rings is 1. The van der Waals surface area contributed by atoms with Crippen LogP contribution in [-0.2, 0) is 11.2 Å². The molecule has 2 aromatic rings. The molecule has 0 bridgehead atoms. The molecule has 1 amide bonds. The molecule has 1 aromatic carbocycles. The molecule has 0 saturated carbocycles. The third-order valence-corrected chi connectivity index (χ3v) is 6.30. The Morgan fingerprint density at radius 3 is 2.31 bits per heavy atom. The maximum absolute atomic E-state index is 13.0. The van der Waals surface area contributed by atoms with Crippen LogP contribution in [-0.4, -0.2) is 18.2 Å². The molecular formula is C23H31ClN2O2S. The van der Waals surface area contributed by atoms with Crippen LogP contribution in [0.25, 0.3) is 0 Å². The average molecular weight is 435 g/mol. The maximum Gasteiger partial charge on any atom is 0.238 e. The number of nitrogens with one attached hydrogen (secondary N) is 1. The van der Waals surface area contributed by atoms with Crippen LogP contribution in [0.1, 0.15) is 79.1 Å². The predicted molar refractivity (Wildman–Crippen MR) is 123 cm³/mol. The van der Waals surface area contributed by atoms with Gasteiger partial charge in [0.05, 0.1) is 17.1 Å². The Morgan fingerprint density at radius 2 is 1.66 bits per heavy atom. The number of amides is 1. The van der Waals surface area contributed by atoms with Crippen LogP contribution in [0.4, 0.5) is 5.00 Å². The number of aryl methyl sites for hydroxylation is 1. The van der Waals surface area contributed by atoms with E-state index in [-0.39, 0.29) is 18.2 Å². The summed E-state index contributed by atoms with van der Waals surface area (Å²) in [6.07, 6.45) is 11.0. The van der Waals surface area contributed by atoms with Crippen LogP contribution in [0.2, 0.25) is 5.02 Å². The summed E-state index contributed by atoms with van der Waals surface area (Å²) < 4.78 is 0. The zero-order chi connectivity index (χ0) is 21.1. The quantitative estimate of drug-likeness (QED) is 0.290. The summed E-state index contributed by atoms with van der Waals surface area (Å²) in [5.41, 5.74) is 6.36. The molecule has 0 atom stereocenters. The SMILES string of the molecule is CCCCCCCCCCc1cc(C(=O)c2ccccc2Cl)c(NC(=O)CN)s1. The molecule has 0 aliphatic carbocycles. The van der Waals surface area contributed by atoms with Gasteiger partial charge >= 0.3 is 0 Å². The smallest absolute Gasteiger partial charge is 0.238 e. The Morgan fingerprint density at radius 1 is 1.00 bits per heavy atom. The van der Waals surface area contributed by atoms with Crippen molar-refractivity contribution in [1.29, 1.82) is 0 Å². The van der Waals surface area contributed by atoms with Crippen molar-refractivity contribution in [2.45, 2.75) is 64.7 Å². The summed E-state index contributed by atoms with van der Waals surface area (Å²) in [6.45, 7) is 2.11. The Hall–Kier alpha value is -1.69. The molecule has 0 fully saturated rings. The maximum atomic E-state index is 13.0. The largest absolute Gasteiger partial charge is 0.322 e. The van der Waals surface area contributed by atoms with Crippen LogP contribution >= 0.6 is 22.9 Å². The molecule has 1 aromatic heterocycles. The number of anilines is 1. The number of nitrogens with two attached hydrogens (primary N) is 1. The highest BCUT2D eigenvalue weighted by Crippen LogP contribution is 2.32. The fourth-order valence-electron chi connectivity index (χ4n) is 3.23. The van der Waals surface area contributed by atoms with Crippen molar-refractivity contribution in [1.82, 2.24) is 0 Å². The molecule has 0 aliphatic rings. The van der Waals surface area contributed by atoms with Gasteiger partial charge in [0.2, 0.25) is 5.91 Å². The number of halogens is 1. The van der Waals surface area contributed by atoms with Crippen LogP contribution in [0.15, 0.2) is 30.3 Å². The van der Waals surface area contributed by atoms with Gasteiger partial charge in [-0.25, -0.2) is 0 Å². The van der Waals surface area contributed by atoms with Gasteiger partial charge in [0.15, 0.2) is 5.78 Å². The van der Waals surface area contributed by atoms with Crippen LogP contribution in [0.3, 0.4) is 0 Å². The number of hydrogen-bond donors (Lipinski definition) is 2. The zero-order valence-electron chi connectivity index (χ0n) is 17.1. The Bertz CT molecular complexity index is 804. The molecule has 0 aliphatic heterocycles. The standard InChI is InChI=1S/C23H31ClN2O2S/c1-2-3-4-5-6-7-8-9-12-17-15-19(23(29-17)26-21(27)16-25)22(28)18-13-10-11-14-20(18)24/h10-11,13-15H,2-9,12,16,25H2,1H3,(H,26,27). The van der Waals surface area contributed by atoms with Crippen molar-refractivity contribution in [3.63, 3.8) is 0 Å². The van der Waals surface area contributed by atoms with Gasteiger partial charge < -0.3 is 11.1 Å². The topological polar surface area (TPSA) is 72.2 Å². The molecule has 4 nitrogen and oxygen atoms in total. The number of unbranched alkanes of at least 4 members (excludes halogenated alkanes) is 7. The summed E-state index contributed by atoms with van der Waals surface area (Å²) in [4.78, 5) is 25.9. The fourth-order valence-corrected chi connectivity index (χ4v) is 4.56. The lowest BCUT2D eigenvalue weighted by Crippen LogP contribution is -2.22. The molecule has 3 N–H and O–H groups in total. The first-order chi connectivity index (χ1) is 14.1. The van der Waals surface area contributed by atoms with Gasteiger partial charge in [0.1, 0.15) is 5.00 Å². The summed E-state index contributed by atoms with van der Waals surface area (Å²) in [5, 5.41) is 3.73. The van der Waals surface area contributed by atoms with E-state index in [1.54, 1.807) is 24.3 Å².